The predicted molar refractivity (Wildman–Crippen MR) is 85.4 cm³/mol. The highest BCUT2D eigenvalue weighted by molar-refractivity contribution is 5.77. The van der Waals surface area contributed by atoms with Crippen molar-refractivity contribution in [2.45, 2.75) is 44.8 Å². The molecule has 4 heteroatoms. The van der Waals surface area contributed by atoms with Crippen molar-refractivity contribution in [3.8, 4) is 0 Å². The van der Waals surface area contributed by atoms with Crippen molar-refractivity contribution in [1.29, 1.82) is 0 Å². The maximum absolute atomic E-state index is 11.8. The third-order valence-corrected chi connectivity index (χ3v) is 3.92. The maximum atomic E-state index is 11.8. The zero-order chi connectivity index (χ0) is 15.1. The van der Waals surface area contributed by atoms with Crippen LogP contribution in [0.5, 0.6) is 0 Å². The number of nitrogens with zero attached hydrogens (tertiary/aromatic N) is 1. The van der Waals surface area contributed by atoms with Crippen molar-refractivity contribution < 1.29 is 9.53 Å². The van der Waals surface area contributed by atoms with Gasteiger partial charge in [-0.1, -0.05) is 31.4 Å². The normalized spacial score (nSPS) is 15.7. The first kappa shape index (κ1) is 15.8. The molecule has 4 nitrogen and oxygen atoms in total. The number of carbonyl (C=O) groups excluding carboxylic acids is 1. The molecule has 0 atom stereocenters. The minimum Gasteiger partial charge on any atom is -0.378 e. The van der Waals surface area contributed by atoms with Gasteiger partial charge < -0.3 is 15.0 Å². The second-order valence-electron chi connectivity index (χ2n) is 5.91. The first-order chi connectivity index (χ1) is 10.1. The Hall–Kier alpha value is -1.55. The van der Waals surface area contributed by atoms with E-state index in [9.17, 15) is 4.79 Å². The average molecular weight is 290 g/mol. The van der Waals surface area contributed by atoms with E-state index in [0.29, 0.717) is 6.54 Å². The standard InChI is InChI=1S/C17H26N2O2/c1-19(2)15-8-6-7-14(11-15)12-18-17(20)13-21-16-9-4-3-5-10-16/h6-8,11,16H,3-5,9-10,12-13H2,1-2H3,(H,18,20). The lowest BCUT2D eigenvalue weighted by Crippen LogP contribution is -2.30. The van der Waals surface area contributed by atoms with Gasteiger partial charge in [0.15, 0.2) is 0 Å². The fourth-order valence-corrected chi connectivity index (χ4v) is 2.62. The Bertz CT molecular complexity index is 454. The van der Waals surface area contributed by atoms with Gasteiger partial charge in [0.1, 0.15) is 6.61 Å². The number of carbonyl (C=O) groups is 1. The molecule has 0 spiro atoms. The molecule has 0 saturated heterocycles. The van der Waals surface area contributed by atoms with E-state index in [1.54, 1.807) is 0 Å². The van der Waals surface area contributed by atoms with E-state index in [1.165, 1.54) is 19.3 Å². The molecule has 0 bridgehead atoms. The fourth-order valence-electron chi connectivity index (χ4n) is 2.62. The van der Waals surface area contributed by atoms with Gasteiger partial charge >= 0.3 is 0 Å². The Morgan fingerprint density at radius 2 is 2.05 bits per heavy atom. The third-order valence-electron chi connectivity index (χ3n) is 3.92. The van der Waals surface area contributed by atoms with Crippen LogP contribution in [-0.2, 0) is 16.1 Å². The molecule has 1 N–H and O–H groups in total. The molecule has 1 aromatic rings. The van der Waals surface area contributed by atoms with Crippen molar-refractivity contribution in [1.82, 2.24) is 5.32 Å². The minimum atomic E-state index is -0.0316. The summed E-state index contributed by atoms with van der Waals surface area (Å²) in [5.41, 5.74) is 2.24. The van der Waals surface area contributed by atoms with Crippen molar-refractivity contribution in [3.63, 3.8) is 0 Å². The number of benzene rings is 1. The Morgan fingerprint density at radius 3 is 2.76 bits per heavy atom. The van der Waals surface area contributed by atoms with Gasteiger partial charge in [0.2, 0.25) is 5.91 Å². The van der Waals surface area contributed by atoms with E-state index in [4.69, 9.17) is 4.74 Å². The quantitative estimate of drug-likeness (QED) is 0.876. The summed E-state index contributed by atoms with van der Waals surface area (Å²) < 4.78 is 5.67. The SMILES string of the molecule is CN(C)c1cccc(CNC(=O)COC2CCCCC2)c1. The summed E-state index contributed by atoms with van der Waals surface area (Å²) in [5, 5.41) is 2.92. The number of amides is 1. The van der Waals surface area contributed by atoms with Crippen LogP contribution >= 0.6 is 0 Å². The highest BCUT2D eigenvalue weighted by Crippen LogP contribution is 2.20. The Labute approximate surface area is 127 Å². The summed E-state index contributed by atoms with van der Waals surface area (Å²) in [5.74, 6) is -0.0316. The summed E-state index contributed by atoms with van der Waals surface area (Å²) in [6.07, 6.45) is 6.22. The molecule has 1 saturated carbocycles. The predicted octanol–water partition coefficient (Wildman–Crippen LogP) is 2.72. The molecule has 0 radical (unpaired) electrons. The number of ether oxygens (including phenoxy) is 1. The van der Waals surface area contributed by atoms with Crippen LogP contribution in [0.15, 0.2) is 24.3 Å². The summed E-state index contributed by atoms with van der Waals surface area (Å²) in [7, 11) is 4.02. The summed E-state index contributed by atoms with van der Waals surface area (Å²) in [4.78, 5) is 13.9. The highest BCUT2D eigenvalue weighted by atomic mass is 16.5. The maximum Gasteiger partial charge on any atom is 0.246 e. The van der Waals surface area contributed by atoms with Crippen molar-refractivity contribution in [2.24, 2.45) is 0 Å². The zero-order valence-electron chi connectivity index (χ0n) is 13.1. The number of hydrogen-bond acceptors (Lipinski definition) is 3. The van der Waals surface area contributed by atoms with Crippen LogP contribution in [0.4, 0.5) is 5.69 Å². The topological polar surface area (TPSA) is 41.6 Å². The molecule has 2 rings (SSSR count). The molecule has 0 unspecified atom stereocenters. The number of hydrogen-bond donors (Lipinski definition) is 1. The molecular weight excluding hydrogens is 264 g/mol. The lowest BCUT2D eigenvalue weighted by Gasteiger charge is -2.21. The second-order valence-corrected chi connectivity index (χ2v) is 5.91. The Balaban J connectivity index is 1.72. The number of anilines is 1. The van der Waals surface area contributed by atoms with Crippen molar-refractivity contribution in [3.05, 3.63) is 29.8 Å². The molecule has 0 aliphatic heterocycles. The lowest BCUT2D eigenvalue weighted by molar-refractivity contribution is -0.128. The van der Waals surface area contributed by atoms with Gasteiger partial charge in [-0.2, -0.15) is 0 Å². The summed E-state index contributed by atoms with van der Waals surface area (Å²) >= 11 is 0. The zero-order valence-corrected chi connectivity index (χ0v) is 13.1. The van der Waals surface area contributed by atoms with Crippen LogP contribution in [0.1, 0.15) is 37.7 Å². The number of rotatable bonds is 6. The molecule has 0 aromatic heterocycles. The lowest BCUT2D eigenvalue weighted by atomic mass is 9.98. The van der Waals surface area contributed by atoms with Gasteiger partial charge in [0, 0.05) is 26.3 Å². The van der Waals surface area contributed by atoms with Crippen LogP contribution < -0.4 is 10.2 Å². The highest BCUT2D eigenvalue weighted by Gasteiger charge is 2.15. The van der Waals surface area contributed by atoms with Crippen LogP contribution in [0.2, 0.25) is 0 Å². The van der Waals surface area contributed by atoms with Crippen LogP contribution in [0.25, 0.3) is 0 Å². The van der Waals surface area contributed by atoms with Crippen LogP contribution in [0.3, 0.4) is 0 Å². The van der Waals surface area contributed by atoms with Gasteiger partial charge in [-0.15, -0.1) is 0 Å². The molecule has 116 valence electrons. The smallest absolute Gasteiger partial charge is 0.246 e. The molecule has 1 fully saturated rings. The van der Waals surface area contributed by atoms with Gasteiger partial charge in [-0.05, 0) is 30.5 Å². The number of nitrogens with one attached hydrogen (secondary N) is 1. The molecule has 1 aliphatic carbocycles. The van der Waals surface area contributed by atoms with Crippen molar-refractivity contribution in [2.75, 3.05) is 25.6 Å². The first-order valence-corrected chi connectivity index (χ1v) is 7.80. The molecule has 21 heavy (non-hydrogen) atoms. The third kappa shape index (κ3) is 5.38. The van der Waals surface area contributed by atoms with Gasteiger partial charge in [0.25, 0.3) is 0 Å². The molecule has 1 amide bonds. The van der Waals surface area contributed by atoms with Gasteiger partial charge in [0.05, 0.1) is 6.10 Å². The van der Waals surface area contributed by atoms with Crippen LogP contribution in [0, 0.1) is 0 Å². The van der Waals surface area contributed by atoms with Crippen molar-refractivity contribution >= 4 is 11.6 Å². The average Bonchev–Trinajstić information content (AvgIpc) is 2.52. The van der Waals surface area contributed by atoms with E-state index in [2.05, 4.69) is 22.3 Å². The molecule has 1 aromatic carbocycles. The van der Waals surface area contributed by atoms with E-state index in [0.717, 1.165) is 24.1 Å². The summed E-state index contributed by atoms with van der Waals surface area (Å²) in [6, 6.07) is 8.17. The van der Waals surface area contributed by atoms with Crippen LogP contribution in [-0.4, -0.2) is 32.7 Å². The van der Waals surface area contributed by atoms with E-state index in [-0.39, 0.29) is 18.6 Å². The van der Waals surface area contributed by atoms with Gasteiger partial charge in [-0.3, -0.25) is 4.79 Å². The molecule has 1 aliphatic rings. The van der Waals surface area contributed by atoms with E-state index >= 15 is 0 Å². The van der Waals surface area contributed by atoms with E-state index in [1.807, 2.05) is 26.2 Å². The summed E-state index contributed by atoms with van der Waals surface area (Å²) in [6.45, 7) is 0.729. The molecular formula is C17H26N2O2. The monoisotopic (exact) mass is 290 g/mol. The molecule has 0 heterocycles. The Morgan fingerprint density at radius 1 is 1.29 bits per heavy atom. The first-order valence-electron chi connectivity index (χ1n) is 7.80. The fraction of sp³-hybridized carbons (Fsp3) is 0.588. The largest absolute Gasteiger partial charge is 0.378 e. The van der Waals surface area contributed by atoms with E-state index < -0.39 is 0 Å². The minimum absolute atomic E-state index is 0.0316. The van der Waals surface area contributed by atoms with Gasteiger partial charge in [-0.25, -0.2) is 0 Å². The second kappa shape index (κ2) is 8.03. The Kier molecular flexibility index (Phi) is 6.05.